The second-order valence-corrected chi connectivity index (χ2v) is 36.6. The number of rotatable bonds is 16. The Kier molecular flexibility index (Phi) is 32.0. The summed E-state index contributed by atoms with van der Waals surface area (Å²) in [7, 11) is 3.89. The van der Waals surface area contributed by atoms with E-state index in [-0.39, 0.29) is 19.3 Å². The second kappa shape index (κ2) is 41.5. The monoisotopic (exact) mass is 1750 g/mol. The van der Waals surface area contributed by atoms with Crippen LogP contribution in [0.3, 0.4) is 0 Å². The van der Waals surface area contributed by atoms with E-state index < -0.39 is 30.0 Å². The van der Waals surface area contributed by atoms with Crippen LogP contribution in [0.25, 0.3) is 44.8 Å². The maximum atomic E-state index is 12.8. The summed E-state index contributed by atoms with van der Waals surface area (Å²) >= 11 is 5.62. The summed E-state index contributed by atoms with van der Waals surface area (Å²) in [5.41, 5.74) is 23.0. The Morgan fingerprint density at radius 1 is 0.629 bits per heavy atom. The van der Waals surface area contributed by atoms with Crippen molar-refractivity contribution >= 4 is 63.0 Å². The van der Waals surface area contributed by atoms with Crippen LogP contribution in [0.1, 0.15) is 211 Å². The van der Waals surface area contributed by atoms with Crippen molar-refractivity contribution in [1.29, 1.82) is 0 Å². The first-order valence-corrected chi connectivity index (χ1v) is 44.7. The Bertz CT molecular complexity index is 5140. The molecule has 0 bridgehead atoms. The van der Waals surface area contributed by atoms with Gasteiger partial charge >= 0.3 is 52.3 Å². The number of nitrogens with zero attached hydrogens (tertiary/aromatic N) is 9. The number of hydrogen-bond donors (Lipinski definition) is 2. The molecule has 4 aromatic heterocycles. The van der Waals surface area contributed by atoms with Gasteiger partial charge in [0.1, 0.15) is 17.2 Å². The molecule has 2 aliphatic carbocycles. The number of nitrogens with two attached hydrogens (primary N) is 1. The van der Waals surface area contributed by atoms with Crippen molar-refractivity contribution in [3.05, 3.63) is 290 Å². The van der Waals surface area contributed by atoms with E-state index in [0.717, 1.165) is 70.9 Å². The van der Waals surface area contributed by atoms with Gasteiger partial charge in [0.25, 0.3) is 0 Å². The fraction of sp³-hybridized carbons (Fsp3) is 0.372. The number of H-pyrrole nitrogens is 1. The fourth-order valence-corrected chi connectivity index (χ4v) is 18.9. The van der Waals surface area contributed by atoms with Crippen LogP contribution in [-0.4, -0.2) is 90.0 Å². The molecule has 1 aliphatic heterocycles. The number of aromatic nitrogens is 10. The van der Waals surface area contributed by atoms with Crippen molar-refractivity contribution in [3.63, 3.8) is 0 Å². The number of ether oxygens (including phenoxy) is 1. The third-order valence-corrected chi connectivity index (χ3v) is 25.6. The predicted molar refractivity (Wildman–Crippen MR) is 476 cm³/mol. The van der Waals surface area contributed by atoms with Crippen LogP contribution in [0.4, 0.5) is 10.5 Å². The standard InChI is InChI=1S/C33H49P.C19H17N5O.C16H14BrN3O.C14H23BN2O4.C12H10N.ClH.Pd/c1-23(2)27-21-31(24(3)4)33(32(22-27)25(5)6)26-14-13-19-30(20-26)34(28-15-9-7-10-16-28)29-17-11-8-12-18-29;1-14-22-23(13-15-5-3-2-4-6-15)19(25)24(14)18-9-7-16(8-10-18)17-11-20-21-12-17;1-12-18-19(11-13-5-3-2-4-6-13)16(21)20(12)15-9-7-14(17)8-10-15;1-12(2,3)19-11(18)17-9-10(8-16-17)15-20-13(4,5)14(6,7)21-15;13-12-9-5-4-8-11(12)10-6-2-1-3-7-10;;/h13-14,19-25,28-29H,7-12,15-18H2,1-6H3;2-12H,13H2,1H3,(H,20,21);2-10H,11H2,1H3;8-9H,1-7H3;1-6,8-9H,13H2;1H;/q;;;;-1;;+2/p-1. The molecule has 0 radical (unpaired) electrons. The normalized spacial score (nSPS) is 14.6. The Morgan fingerprint density at radius 3 is 1.59 bits per heavy atom. The van der Waals surface area contributed by atoms with E-state index in [1.807, 2.05) is 226 Å². The van der Waals surface area contributed by atoms with E-state index in [4.69, 9.17) is 19.8 Å². The molecule has 3 fully saturated rings. The number of nitrogens with one attached hydrogen (secondary N) is 1. The van der Waals surface area contributed by atoms with Gasteiger partial charge in [0.15, 0.2) is 0 Å². The molecule has 0 amide bonds. The van der Waals surface area contributed by atoms with Gasteiger partial charge < -0.3 is 19.8 Å². The number of carbonyl (C=O) groups is 1. The Labute approximate surface area is 711 Å². The van der Waals surface area contributed by atoms with Crippen LogP contribution in [0.5, 0.6) is 0 Å². The zero-order valence-corrected chi connectivity index (χ0v) is 74.6. The minimum atomic E-state index is -0.562. The molecule has 116 heavy (non-hydrogen) atoms. The summed E-state index contributed by atoms with van der Waals surface area (Å²) in [5.74, 6) is 2.98. The van der Waals surface area contributed by atoms with Gasteiger partial charge in [-0.1, -0.05) is 231 Å². The maximum absolute atomic E-state index is 12.8. The van der Waals surface area contributed by atoms with Gasteiger partial charge in [0, 0.05) is 34.1 Å². The van der Waals surface area contributed by atoms with Crippen LogP contribution in [0, 0.1) is 19.9 Å². The summed E-state index contributed by atoms with van der Waals surface area (Å²) in [6, 6.07) is 68.9. The number of benzene rings is 8. The number of anilines is 1. The average molecular weight is 1760 g/mol. The first-order valence-electron chi connectivity index (χ1n) is 40.4. The summed E-state index contributed by atoms with van der Waals surface area (Å²) < 4.78 is 25.5. The molecule has 0 spiro atoms. The summed E-state index contributed by atoms with van der Waals surface area (Å²) in [6.45, 7) is 32.2. The van der Waals surface area contributed by atoms with Crippen LogP contribution in [0.2, 0.25) is 0 Å². The number of para-hydroxylation sites is 1. The number of halogens is 2. The van der Waals surface area contributed by atoms with Crippen molar-refractivity contribution in [1.82, 2.24) is 48.7 Å². The number of hydrogen-bond acceptors (Lipinski definition) is 11. The first kappa shape index (κ1) is 89.5. The number of carbonyl (C=O) groups excluding carboxylic acids is 1. The Balaban J connectivity index is 0.000000157. The second-order valence-electron chi connectivity index (χ2n) is 32.9. The van der Waals surface area contributed by atoms with Crippen LogP contribution >= 0.6 is 33.4 Å². The van der Waals surface area contributed by atoms with Crippen molar-refractivity contribution in [2.45, 2.75) is 227 Å². The molecule has 17 nitrogen and oxygen atoms in total. The fourth-order valence-electron chi connectivity index (χ4n) is 14.8. The third kappa shape index (κ3) is 23.5. The molecule has 2 saturated carbocycles. The van der Waals surface area contributed by atoms with E-state index in [0.29, 0.717) is 48.0 Å². The van der Waals surface area contributed by atoms with Gasteiger partial charge in [-0.05, 0) is 221 Å². The van der Waals surface area contributed by atoms with Crippen molar-refractivity contribution in [2.75, 3.05) is 5.73 Å². The van der Waals surface area contributed by atoms with E-state index in [9.17, 15) is 14.4 Å². The van der Waals surface area contributed by atoms with Crippen molar-refractivity contribution in [2.24, 2.45) is 0 Å². The van der Waals surface area contributed by atoms with Gasteiger partial charge in [-0.2, -0.15) is 25.1 Å². The zero-order valence-electron chi connectivity index (χ0n) is 69.8. The molecule has 0 atom stereocenters. The molecule has 1 saturated heterocycles. The van der Waals surface area contributed by atoms with E-state index in [2.05, 4.69) is 153 Å². The average Bonchev–Trinajstić information content (AvgIpc) is 1.17. The Morgan fingerprint density at radius 2 is 1.13 bits per heavy atom. The van der Waals surface area contributed by atoms with Gasteiger partial charge in [-0.25, -0.2) is 32.9 Å². The molecule has 612 valence electrons. The molecule has 3 aliphatic rings. The van der Waals surface area contributed by atoms with Gasteiger partial charge in [0.2, 0.25) is 0 Å². The number of aromatic amines is 1. The Hall–Kier alpha value is -8.82. The van der Waals surface area contributed by atoms with E-state index in [1.54, 1.807) is 49.7 Å². The quantitative estimate of drug-likeness (QED) is 0.0404. The van der Waals surface area contributed by atoms with Crippen LogP contribution in [-0.2, 0) is 45.3 Å². The number of nitrogen functional groups attached to an aromatic ring is 1. The molecule has 5 heterocycles. The van der Waals surface area contributed by atoms with Gasteiger partial charge in [-0.3, -0.25) is 5.10 Å². The molecule has 0 unspecified atom stereocenters. The van der Waals surface area contributed by atoms with Crippen molar-refractivity contribution in [3.8, 4) is 44.8 Å². The van der Waals surface area contributed by atoms with Crippen LogP contribution in [0.15, 0.2) is 233 Å². The molecule has 3 N–H and O–H groups in total. The van der Waals surface area contributed by atoms with E-state index >= 15 is 0 Å². The number of aryl methyl sites for hydroxylation is 2. The van der Waals surface area contributed by atoms with E-state index in [1.165, 1.54) is 84.7 Å². The zero-order chi connectivity index (χ0) is 83.4. The SMILES string of the molecule is CC(C)(C)OC(=O)n1cc(B2OC(C)(C)C(C)(C)O2)cn1.CC(C)c1cc(C(C)C)c(-c2cccc(P(C3CCCCC3)C3CCCCC3)c2)c(C(C)C)c1.Cc1nn(Cc2ccccc2)c(=O)n1-c1ccc(-c2cn[nH]c2)cc1.Cc1nn(Cc2ccccc2)c(=O)n1-c1ccc(Br)cc1.Nc1ccccc1-c1[c-]cccc1.[Cl][Pd+]. The predicted octanol–water partition coefficient (Wildman–Crippen LogP) is 21.8. The molecule has 22 heteroatoms. The third-order valence-electron chi connectivity index (χ3n) is 21.6. The van der Waals surface area contributed by atoms with Gasteiger partial charge in [-0.15, -0.1) is 35.9 Å². The van der Waals surface area contributed by atoms with Crippen molar-refractivity contribution < 1.29 is 37.0 Å². The molecular weight excluding hydrogens is 1640 g/mol. The van der Waals surface area contributed by atoms with Gasteiger partial charge in [0.05, 0.1) is 41.9 Å². The summed E-state index contributed by atoms with van der Waals surface area (Å²) in [6.07, 6.45) is 20.9. The topological polar surface area (TPSA) is 197 Å². The summed E-state index contributed by atoms with van der Waals surface area (Å²) in [5, 5.41) is 21.3. The molecular formula is C94H113BBrClN11O6PPd. The van der Waals surface area contributed by atoms with Crippen LogP contribution < -0.4 is 27.9 Å². The molecule has 15 rings (SSSR count). The molecule has 12 aromatic rings. The minimum absolute atomic E-state index is 0.0651. The first-order chi connectivity index (χ1) is 55.5. The summed E-state index contributed by atoms with van der Waals surface area (Å²) in [4.78, 5) is 37.2. The molecule has 8 aromatic carbocycles.